The summed E-state index contributed by atoms with van der Waals surface area (Å²) in [6, 6.07) is 0.603. The van der Waals surface area contributed by atoms with Crippen LogP contribution in [0, 0.1) is 5.92 Å². The summed E-state index contributed by atoms with van der Waals surface area (Å²) in [6.07, 6.45) is 9.07. The highest BCUT2D eigenvalue weighted by Gasteiger charge is 2.16. The zero-order valence-electron chi connectivity index (χ0n) is 10.5. The largest absolute Gasteiger partial charge is 0.381 e. The van der Waals surface area contributed by atoms with Gasteiger partial charge in [0.05, 0.1) is 6.61 Å². The molecular formula is C13H24N2OS. The molecular weight excluding hydrogens is 232 g/mol. The maximum Gasteiger partial charge on any atom is 0.166 e. The Morgan fingerprint density at radius 2 is 1.94 bits per heavy atom. The van der Waals surface area contributed by atoms with Crippen LogP contribution in [0.15, 0.2) is 0 Å². The van der Waals surface area contributed by atoms with Gasteiger partial charge < -0.3 is 15.4 Å². The molecule has 98 valence electrons. The lowest BCUT2D eigenvalue weighted by Gasteiger charge is -2.26. The maximum atomic E-state index is 5.46. The summed E-state index contributed by atoms with van der Waals surface area (Å²) in [7, 11) is 0. The summed E-state index contributed by atoms with van der Waals surface area (Å²) in [6.45, 7) is 2.78. The molecule has 0 amide bonds. The Balaban J connectivity index is 1.59. The van der Waals surface area contributed by atoms with E-state index in [9.17, 15) is 0 Å². The smallest absolute Gasteiger partial charge is 0.166 e. The molecule has 1 aliphatic heterocycles. The van der Waals surface area contributed by atoms with Crippen LogP contribution in [0.3, 0.4) is 0 Å². The van der Waals surface area contributed by atoms with Gasteiger partial charge in [-0.1, -0.05) is 19.3 Å². The van der Waals surface area contributed by atoms with E-state index >= 15 is 0 Å². The van der Waals surface area contributed by atoms with E-state index in [0.29, 0.717) is 12.0 Å². The Hall–Kier alpha value is -0.350. The summed E-state index contributed by atoms with van der Waals surface area (Å²) >= 11 is 5.34. The molecule has 1 heterocycles. The predicted molar refractivity (Wildman–Crippen MR) is 74.2 cm³/mol. The van der Waals surface area contributed by atoms with Gasteiger partial charge in [-0.05, 0) is 43.8 Å². The fourth-order valence-electron chi connectivity index (χ4n) is 2.69. The molecule has 1 atom stereocenters. The van der Waals surface area contributed by atoms with Crippen LogP contribution in [0.25, 0.3) is 0 Å². The number of hydrogen-bond donors (Lipinski definition) is 2. The van der Waals surface area contributed by atoms with Gasteiger partial charge in [0.2, 0.25) is 0 Å². The van der Waals surface area contributed by atoms with Crippen molar-refractivity contribution in [2.45, 2.75) is 51.0 Å². The summed E-state index contributed by atoms with van der Waals surface area (Å²) in [5, 5.41) is 7.61. The minimum atomic E-state index is 0.603. The Morgan fingerprint density at radius 1 is 1.12 bits per heavy atom. The first-order valence-electron chi connectivity index (χ1n) is 6.96. The Labute approximate surface area is 110 Å². The molecule has 3 nitrogen and oxygen atoms in total. The lowest BCUT2D eigenvalue weighted by molar-refractivity contribution is 0.0564. The van der Waals surface area contributed by atoms with E-state index < -0.39 is 0 Å². The standard InChI is InChI=1S/C13H24N2OS/c17-13(15-12-6-2-1-3-7-12)14-9-11-5-4-8-16-10-11/h11-12H,1-10H2,(H2,14,15,17). The van der Waals surface area contributed by atoms with Crippen molar-refractivity contribution in [2.24, 2.45) is 5.92 Å². The molecule has 0 radical (unpaired) electrons. The van der Waals surface area contributed by atoms with Crippen molar-refractivity contribution < 1.29 is 4.74 Å². The number of thiocarbonyl (C=S) groups is 1. The van der Waals surface area contributed by atoms with Gasteiger partial charge in [-0.25, -0.2) is 0 Å². The van der Waals surface area contributed by atoms with E-state index in [4.69, 9.17) is 17.0 Å². The monoisotopic (exact) mass is 256 g/mol. The number of hydrogen-bond acceptors (Lipinski definition) is 2. The molecule has 0 spiro atoms. The highest BCUT2D eigenvalue weighted by Crippen LogP contribution is 2.17. The molecule has 2 N–H and O–H groups in total. The molecule has 17 heavy (non-hydrogen) atoms. The molecule has 4 heteroatoms. The van der Waals surface area contributed by atoms with E-state index in [1.807, 2.05) is 0 Å². The van der Waals surface area contributed by atoms with Crippen LogP contribution >= 0.6 is 12.2 Å². The number of rotatable bonds is 3. The van der Waals surface area contributed by atoms with Gasteiger partial charge in [0, 0.05) is 19.2 Å². The minimum Gasteiger partial charge on any atom is -0.381 e. The third-order valence-electron chi connectivity index (χ3n) is 3.75. The molecule has 2 aliphatic rings. The Bertz CT molecular complexity index is 236. The van der Waals surface area contributed by atoms with Crippen LogP contribution < -0.4 is 10.6 Å². The van der Waals surface area contributed by atoms with E-state index in [-0.39, 0.29) is 0 Å². The van der Waals surface area contributed by atoms with E-state index in [1.54, 1.807) is 0 Å². The molecule has 0 aromatic carbocycles. The Morgan fingerprint density at radius 3 is 2.65 bits per heavy atom. The first-order chi connectivity index (χ1) is 8.34. The zero-order chi connectivity index (χ0) is 11.9. The zero-order valence-corrected chi connectivity index (χ0v) is 11.4. The van der Waals surface area contributed by atoms with Crippen molar-refractivity contribution in [3.63, 3.8) is 0 Å². The minimum absolute atomic E-state index is 0.603. The lowest BCUT2D eigenvalue weighted by Crippen LogP contribution is -2.44. The molecule has 0 aromatic heterocycles. The van der Waals surface area contributed by atoms with Gasteiger partial charge in [0.25, 0.3) is 0 Å². The van der Waals surface area contributed by atoms with Gasteiger partial charge in [-0.3, -0.25) is 0 Å². The molecule has 1 saturated heterocycles. The summed E-state index contributed by atoms with van der Waals surface area (Å²) in [4.78, 5) is 0. The topological polar surface area (TPSA) is 33.3 Å². The van der Waals surface area contributed by atoms with Crippen molar-refractivity contribution in [2.75, 3.05) is 19.8 Å². The van der Waals surface area contributed by atoms with Gasteiger partial charge >= 0.3 is 0 Å². The third kappa shape index (κ3) is 4.80. The van der Waals surface area contributed by atoms with Crippen molar-refractivity contribution >= 4 is 17.3 Å². The van der Waals surface area contributed by atoms with Crippen molar-refractivity contribution in [3.05, 3.63) is 0 Å². The first-order valence-corrected chi connectivity index (χ1v) is 7.37. The second-order valence-corrected chi connectivity index (χ2v) is 5.68. The first kappa shape index (κ1) is 13.1. The highest BCUT2D eigenvalue weighted by molar-refractivity contribution is 7.80. The van der Waals surface area contributed by atoms with Crippen molar-refractivity contribution in [3.8, 4) is 0 Å². The lowest BCUT2D eigenvalue weighted by atomic mass is 9.96. The molecule has 1 aliphatic carbocycles. The maximum absolute atomic E-state index is 5.46. The van der Waals surface area contributed by atoms with E-state index in [1.165, 1.54) is 44.9 Å². The third-order valence-corrected chi connectivity index (χ3v) is 4.01. The second-order valence-electron chi connectivity index (χ2n) is 5.27. The quantitative estimate of drug-likeness (QED) is 0.759. The number of nitrogens with one attached hydrogen (secondary N) is 2. The Kier molecular flexibility index (Phi) is 5.52. The van der Waals surface area contributed by atoms with Crippen molar-refractivity contribution in [1.82, 2.24) is 10.6 Å². The normalized spacial score (nSPS) is 26.5. The fraction of sp³-hybridized carbons (Fsp3) is 0.923. The van der Waals surface area contributed by atoms with Crippen LogP contribution in [-0.2, 0) is 4.74 Å². The van der Waals surface area contributed by atoms with Crippen molar-refractivity contribution in [1.29, 1.82) is 0 Å². The SMILES string of the molecule is S=C(NCC1CCCOC1)NC1CCCCC1. The van der Waals surface area contributed by atoms with Crippen LogP contribution in [0.2, 0.25) is 0 Å². The predicted octanol–water partition coefficient (Wildman–Crippen LogP) is 2.21. The number of ether oxygens (including phenoxy) is 1. The summed E-state index contributed by atoms with van der Waals surface area (Å²) in [5.41, 5.74) is 0. The molecule has 2 fully saturated rings. The highest BCUT2D eigenvalue weighted by atomic mass is 32.1. The van der Waals surface area contributed by atoms with Gasteiger partial charge in [-0.2, -0.15) is 0 Å². The van der Waals surface area contributed by atoms with Gasteiger partial charge in [0.15, 0.2) is 5.11 Å². The second kappa shape index (κ2) is 7.17. The molecule has 0 aromatic rings. The molecule has 0 bridgehead atoms. The molecule has 1 saturated carbocycles. The van der Waals surface area contributed by atoms with Gasteiger partial charge in [-0.15, -0.1) is 0 Å². The fourth-order valence-corrected chi connectivity index (χ4v) is 2.94. The average Bonchev–Trinajstić information content (AvgIpc) is 2.39. The summed E-state index contributed by atoms with van der Waals surface area (Å²) in [5.74, 6) is 0.634. The average molecular weight is 256 g/mol. The van der Waals surface area contributed by atoms with Crippen LogP contribution in [0.1, 0.15) is 44.9 Å². The van der Waals surface area contributed by atoms with E-state index in [0.717, 1.165) is 24.9 Å². The summed E-state index contributed by atoms with van der Waals surface area (Å²) < 4.78 is 5.46. The van der Waals surface area contributed by atoms with Crippen LogP contribution in [-0.4, -0.2) is 30.9 Å². The van der Waals surface area contributed by atoms with Gasteiger partial charge in [0.1, 0.15) is 0 Å². The molecule has 2 rings (SSSR count). The molecule has 1 unspecified atom stereocenters. The van der Waals surface area contributed by atoms with E-state index in [2.05, 4.69) is 10.6 Å². The van der Waals surface area contributed by atoms with Crippen LogP contribution in [0.5, 0.6) is 0 Å². The van der Waals surface area contributed by atoms with Crippen LogP contribution in [0.4, 0.5) is 0 Å².